The molecule has 2 heterocycles. The maximum absolute atomic E-state index is 13.1. The second-order valence-corrected chi connectivity index (χ2v) is 11.0. The monoisotopic (exact) mass is 566 g/mol. The van der Waals surface area contributed by atoms with Crippen molar-refractivity contribution in [3.8, 4) is 0 Å². The summed E-state index contributed by atoms with van der Waals surface area (Å²) >= 11 is 0. The highest BCUT2D eigenvalue weighted by Gasteiger charge is 2.37. The highest BCUT2D eigenvalue weighted by Crippen LogP contribution is 2.38. The number of fused-ring (bicyclic) bond motifs is 1. The van der Waals surface area contributed by atoms with Crippen LogP contribution in [0.3, 0.4) is 0 Å². The van der Waals surface area contributed by atoms with Crippen molar-refractivity contribution in [2.24, 2.45) is 5.92 Å². The predicted octanol–water partition coefficient (Wildman–Crippen LogP) is 7.77. The van der Waals surface area contributed by atoms with Crippen molar-refractivity contribution >= 4 is 22.6 Å². The average molecular weight is 567 g/mol. The molecule has 0 atom stereocenters. The summed E-state index contributed by atoms with van der Waals surface area (Å²) in [4.78, 5) is 18.3. The van der Waals surface area contributed by atoms with E-state index in [2.05, 4.69) is 44.9 Å². The van der Waals surface area contributed by atoms with Crippen LogP contribution in [-0.2, 0) is 12.4 Å². The van der Waals surface area contributed by atoms with Crippen molar-refractivity contribution < 1.29 is 31.1 Å². The zero-order valence-electron chi connectivity index (χ0n) is 21.8. The van der Waals surface area contributed by atoms with E-state index in [-0.39, 0.29) is 12.1 Å². The number of urea groups is 1. The molecule has 11 heteroatoms. The lowest BCUT2D eigenvalue weighted by Gasteiger charge is -2.36. The summed E-state index contributed by atoms with van der Waals surface area (Å²) in [5, 5.41) is 6.17. The van der Waals surface area contributed by atoms with Crippen molar-refractivity contribution in [1.29, 1.82) is 0 Å². The van der Waals surface area contributed by atoms with Gasteiger partial charge in [0, 0.05) is 35.4 Å². The number of aromatic nitrogens is 1. The molecule has 40 heavy (non-hydrogen) atoms. The number of likely N-dealkylation sites (tertiary alicyclic amines) is 1. The van der Waals surface area contributed by atoms with Crippen LogP contribution in [0.4, 0.5) is 36.8 Å². The highest BCUT2D eigenvalue weighted by molar-refractivity contribution is 5.89. The number of para-hydroxylation sites is 1. The highest BCUT2D eigenvalue weighted by atomic mass is 19.4. The van der Waals surface area contributed by atoms with Gasteiger partial charge >= 0.3 is 18.4 Å². The first kappa shape index (κ1) is 28.3. The summed E-state index contributed by atoms with van der Waals surface area (Å²) in [6.07, 6.45) is -2.39. The summed E-state index contributed by atoms with van der Waals surface area (Å²) in [6, 6.07) is 8.42. The minimum absolute atomic E-state index is 0.0368. The van der Waals surface area contributed by atoms with E-state index >= 15 is 0 Å². The number of halogens is 6. The first-order valence-corrected chi connectivity index (χ1v) is 13.6. The topological polar surface area (TPSA) is 60.2 Å². The summed E-state index contributed by atoms with van der Waals surface area (Å²) in [5.74, 6) is 1.03. The molecule has 216 valence electrons. The fourth-order valence-electron chi connectivity index (χ4n) is 6.09. The van der Waals surface area contributed by atoms with Crippen LogP contribution in [0.1, 0.15) is 61.1 Å². The molecule has 1 aliphatic heterocycles. The Bertz CT molecular complexity index is 1290. The number of amides is 2. The number of nitrogens with one attached hydrogen (secondary N) is 3. The predicted molar refractivity (Wildman–Crippen MR) is 141 cm³/mol. The van der Waals surface area contributed by atoms with Crippen LogP contribution in [0.2, 0.25) is 0 Å². The Kier molecular flexibility index (Phi) is 8.03. The molecule has 2 amide bonds. The Morgan fingerprint density at radius 3 is 2.12 bits per heavy atom. The molecular formula is C29H32F6N4O. The van der Waals surface area contributed by atoms with E-state index < -0.39 is 35.2 Å². The molecule has 0 bridgehead atoms. The van der Waals surface area contributed by atoms with Crippen LogP contribution < -0.4 is 10.6 Å². The number of anilines is 1. The Morgan fingerprint density at radius 2 is 1.50 bits per heavy atom. The average Bonchev–Trinajstić information content (AvgIpc) is 3.33. The molecule has 1 saturated heterocycles. The van der Waals surface area contributed by atoms with E-state index in [1.54, 1.807) is 0 Å². The van der Waals surface area contributed by atoms with Gasteiger partial charge in [-0.2, -0.15) is 26.3 Å². The van der Waals surface area contributed by atoms with E-state index in [1.165, 1.54) is 16.5 Å². The zero-order chi connectivity index (χ0) is 28.5. The molecule has 0 radical (unpaired) electrons. The number of alkyl halides is 6. The summed E-state index contributed by atoms with van der Waals surface area (Å²) < 4.78 is 78.5. The van der Waals surface area contributed by atoms with Gasteiger partial charge in [0.1, 0.15) is 0 Å². The number of hydrogen-bond donors (Lipinski definition) is 3. The standard InChI is InChI=1S/C29H32F6N4O/c30-28(31,32)20-13-21(29(33,34)35)15-23(14-20)38-27(40)37-22-7-5-18(6-8-22)17-39-11-9-19(10-12-39)25-16-36-26-4-2-1-3-24(25)26/h1-4,13-16,18-19,22,36H,5-12,17H2,(H2,37,38,40). The number of rotatable bonds is 5. The Morgan fingerprint density at radius 1 is 0.875 bits per heavy atom. The molecular weight excluding hydrogens is 534 g/mol. The van der Waals surface area contributed by atoms with Crippen molar-refractivity contribution in [3.63, 3.8) is 0 Å². The van der Waals surface area contributed by atoms with Gasteiger partial charge in [0.15, 0.2) is 0 Å². The van der Waals surface area contributed by atoms with Crippen molar-refractivity contribution in [3.05, 3.63) is 65.4 Å². The molecule has 2 aliphatic rings. The van der Waals surface area contributed by atoms with Gasteiger partial charge in [0.05, 0.1) is 11.1 Å². The second-order valence-electron chi connectivity index (χ2n) is 11.0. The number of piperidine rings is 1. The van der Waals surface area contributed by atoms with Gasteiger partial charge in [-0.15, -0.1) is 0 Å². The van der Waals surface area contributed by atoms with Gasteiger partial charge < -0.3 is 20.5 Å². The van der Waals surface area contributed by atoms with Crippen LogP contribution in [-0.4, -0.2) is 41.6 Å². The van der Waals surface area contributed by atoms with E-state index in [0.717, 1.165) is 45.3 Å². The molecule has 3 N–H and O–H groups in total. The summed E-state index contributed by atoms with van der Waals surface area (Å²) in [7, 11) is 0. The lowest BCUT2D eigenvalue weighted by atomic mass is 9.84. The van der Waals surface area contributed by atoms with E-state index in [9.17, 15) is 31.1 Å². The molecule has 0 unspecified atom stereocenters. The molecule has 2 fully saturated rings. The fourth-order valence-corrected chi connectivity index (χ4v) is 6.09. The normalized spacial score (nSPS) is 21.4. The third-order valence-corrected chi connectivity index (χ3v) is 8.19. The Balaban J connectivity index is 1.08. The zero-order valence-corrected chi connectivity index (χ0v) is 21.8. The molecule has 3 aromatic rings. The number of H-pyrrole nitrogens is 1. The molecule has 5 nitrogen and oxygen atoms in total. The maximum Gasteiger partial charge on any atom is 0.416 e. The van der Waals surface area contributed by atoms with Crippen molar-refractivity contribution in [1.82, 2.24) is 15.2 Å². The number of carbonyl (C=O) groups is 1. The van der Waals surface area contributed by atoms with Gasteiger partial charge in [0.25, 0.3) is 0 Å². The van der Waals surface area contributed by atoms with Crippen LogP contribution in [0.5, 0.6) is 0 Å². The molecule has 1 saturated carbocycles. The quantitative estimate of drug-likeness (QED) is 0.277. The summed E-state index contributed by atoms with van der Waals surface area (Å²) in [5.41, 5.74) is -0.934. The summed E-state index contributed by atoms with van der Waals surface area (Å²) in [6.45, 7) is 3.05. The van der Waals surface area contributed by atoms with Crippen LogP contribution in [0, 0.1) is 5.92 Å². The van der Waals surface area contributed by atoms with Crippen LogP contribution in [0.15, 0.2) is 48.7 Å². The lowest BCUT2D eigenvalue weighted by Crippen LogP contribution is -2.42. The van der Waals surface area contributed by atoms with Crippen molar-refractivity contribution in [2.75, 3.05) is 25.0 Å². The number of hydrogen-bond acceptors (Lipinski definition) is 2. The van der Waals surface area contributed by atoms with Crippen molar-refractivity contribution in [2.45, 2.75) is 62.8 Å². The molecule has 2 aromatic carbocycles. The van der Waals surface area contributed by atoms with Crippen LogP contribution in [0.25, 0.3) is 10.9 Å². The van der Waals surface area contributed by atoms with Gasteiger partial charge in [-0.05, 0) is 93.3 Å². The third kappa shape index (κ3) is 6.74. The Hall–Kier alpha value is -3.21. The largest absolute Gasteiger partial charge is 0.416 e. The number of carbonyl (C=O) groups excluding carboxylic acids is 1. The minimum atomic E-state index is -4.97. The maximum atomic E-state index is 13.1. The molecule has 1 aromatic heterocycles. The second kappa shape index (κ2) is 11.3. The molecule has 5 rings (SSSR count). The van der Waals surface area contributed by atoms with E-state index in [1.807, 2.05) is 6.07 Å². The number of aromatic amines is 1. The SMILES string of the molecule is O=C(Nc1cc(C(F)(F)F)cc(C(F)(F)F)c1)NC1CCC(CN2CCC(c3c[nH]c4ccccc34)CC2)CC1. The van der Waals surface area contributed by atoms with E-state index in [0.29, 0.717) is 36.8 Å². The first-order chi connectivity index (χ1) is 19.0. The fraction of sp³-hybridized carbons (Fsp3) is 0.483. The smallest absolute Gasteiger partial charge is 0.361 e. The van der Waals surface area contributed by atoms with E-state index in [4.69, 9.17) is 0 Å². The number of benzene rings is 2. The minimum Gasteiger partial charge on any atom is -0.361 e. The van der Waals surface area contributed by atoms with Gasteiger partial charge in [-0.25, -0.2) is 4.79 Å². The molecule has 0 spiro atoms. The van der Waals surface area contributed by atoms with Gasteiger partial charge in [-0.1, -0.05) is 18.2 Å². The molecule has 1 aliphatic carbocycles. The van der Waals surface area contributed by atoms with Gasteiger partial charge in [-0.3, -0.25) is 0 Å². The Labute approximate surface area is 228 Å². The van der Waals surface area contributed by atoms with Gasteiger partial charge in [0.2, 0.25) is 0 Å². The third-order valence-electron chi connectivity index (χ3n) is 8.19. The van der Waals surface area contributed by atoms with Crippen LogP contribution >= 0.6 is 0 Å². The number of nitrogens with zero attached hydrogens (tertiary/aromatic N) is 1. The first-order valence-electron chi connectivity index (χ1n) is 13.6. The lowest BCUT2D eigenvalue weighted by molar-refractivity contribution is -0.143.